The highest BCUT2D eigenvalue weighted by Gasteiger charge is 2.36. The fraction of sp³-hybridized carbons (Fsp3) is 0.423. The molecule has 0 amide bonds. The maximum Gasteiger partial charge on any atom is 0.339 e. The van der Waals surface area contributed by atoms with Crippen molar-refractivity contribution in [2.45, 2.75) is 52.9 Å². The molecule has 1 atom stereocenters. The van der Waals surface area contributed by atoms with Gasteiger partial charge in [-0.05, 0) is 73.3 Å². The molecule has 1 aromatic heterocycles. The Balaban J connectivity index is 2.15. The second-order valence-corrected chi connectivity index (χ2v) is 10.4. The predicted octanol–water partition coefficient (Wildman–Crippen LogP) is 6.17. The number of hydrogen-bond donors (Lipinski definition) is 0. The molecule has 170 valence electrons. The molecule has 0 spiro atoms. The van der Waals surface area contributed by atoms with Gasteiger partial charge in [-0.2, -0.15) is 0 Å². The van der Waals surface area contributed by atoms with E-state index in [4.69, 9.17) is 9.47 Å². The molecule has 0 N–H and O–H groups in total. The van der Waals surface area contributed by atoms with Crippen LogP contribution in [0.25, 0.3) is 22.0 Å². The molecular formula is C26H31BrN2O3. The Labute approximate surface area is 198 Å². The maximum atomic E-state index is 13.1. The number of carbonyl (C=O) groups is 1. The summed E-state index contributed by atoms with van der Waals surface area (Å²) in [4.78, 5) is 15.4. The highest BCUT2D eigenvalue weighted by Crippen LogP contribution is 2.48. The highest BCUT2D eigenvalue weighted by atomic mass is 79.9. The van der Waals surface area contributed by atoms with E-state index in [0.29, 0.717) is 0 Å². The summed E-state index contributed by atoms with van der Waals surface area (Å²) in [7, 11) is 3.53. The van der Waals surface area contributed by atoms with Gasteiger partial charge in [0.05, 0.1) is 28.5 Å². The Bertz CT molecular complexity index is 1190. The second-order valence-electron chi connectivity index (χ2n) is 9.56. The lowest BCUT2D eigenvalue weighted by Gasteiger charge is -2.34. The van der Waals surface area contributed by atoms with Gasteiger partial charge in [-0.1, -0.05) is 29.8 Å². The zero-order chi connectivity index (χ0) is 23.4. The summed E-state index contributed by atoms with van der Waals surface area (Å²) in [5, 5.41) is 1.11. The third-order valence-corrected chi connectivity index (χ3v) is 6.76. The quantitative estimate of drug-likeness (QED) is 0.403. The number of esters is 1. The van der Waals surface area contributed by atoms with Crippen LogP contribution in [0.4, 0.5) is 5.69 Å². The first-order valence-electron chi connectivity index (χ1n) is 10.9. The van der Waals surface area contributed by atoms with Gasteiger partial charge in [-0.15, -0.1) is 0 Å². The van der Waals surface area contributed by atoms with Crippen molar-refractivity contribution in [1.82, 2.24) is 4.57 Å². The molecule has 0 unspecified atom stereocenters. The zero-order valence-corrected chi connectivity index (χ0v) is 21.5. The minimum atomic E-state index is -0.839. The Morgan fingerprint density at radius 3 is 2.38 bits per heavy atom. The first kappa shape index (κ1) is 22.9. The van der Waals surface area contributed by atoms with Gasteiger partial charge < -0.3 is 18.9 Å². The van der Waals surface area contributed by atoms with E-state index in [2.05, 4.69) is 76.6 Å². The number of halogens is 1. The average Bonchev–Trinajstić information content (AvgIpc) is 3.05. The van der Waals surface area contributed by atoms with Crippen LogP contribution in [-0.2, 0) is 20.8 Å². The Morgan fingerprint density at radius 2 is 1.78 bits per heavy atom. The second kappa shape index (κ2) is 8.23. The topological polar surface area (TPSA) is 43.7 Å². The molecule has 0 saturated heterocycles. The van der Waals surface area contributed by atoms with Gasteiger partial charge in [0.2, 0.25) is 0 Å². The van der Waals surface area contributed by atoms with Crippen molar-refractivity contribution in [3.8, 4) is 11.1 Å². The lowest BCUT2D eigenvalue weighted by Crippen LogP contribution is -2.31. The van der Waals surface area contributed by atoms with Gasteiger partial charge in [-0.25, -0.2) is 4.79 Å². The summed E-state index contributed by atoms with van der Waals surface area (Å²) >= 11 is 3.78. The van der Waals surface area contributed by atoms with E-state index in [1.807, 2.05) is 20.8 Å². The van der Waals surface area contributed by atoms with Gasteiger partial charge in [0.1, 0.15) is 0 Å². The summed E-state index contributed by atoms with van der Waals surface area (Å²) in [6.07, 6.45) is -0.839. The molecule has 6 heteroatoms. The monoisotopic (exact) mass is 498 g/mol. The minimum Gasteiger partial charge on any atom is -0.467 e. The Hall–Kier alpha value is -2.31. The normalized spacial score (nSPS) is 14.7. The van der Waals surface area contributed by atoms with Crippen LogP contribution in [0, 0.1) is 13.8 Å². The maximum absolute atomic E-state index is 13.1. The van der Waals surface area contributed by atoms with Crippen molar-refractivity contribution in [2.75, 3.05) is 25.6 Å². The van der Waals surface area contributed by atoms with Crippen LogP contribution in [0.3, 0.4) is 0 Å². The lowest BCUT2D eigenvalue weighted by atomic mass is 9.87. The molecule has 2 heterocycles. The Morgan fingerprint density at radius 1 is 1.12 bits per heavy atom. The molecule has 0 bridgehead atoms. The standard InChI is InChI=1S/C26H31BrN2O3/c1-15-8-10-17(11-9-15)21-18-14-19(27)29-13-12-28(6)22(23(18)29)16(2)20(21)24(25(30)31-7)32-26(3,4)5/h8-11,14,24H,12-13H2,1-7H3/t24-/m0/s1. The van der Waals surface area contributed by atoms with Crippen molar-refractivity contribution in [3.63, 3.8) is 0 Å². The van der Waals surface area contributed by atoms with Crippen LogP contribution in [0.2, 0.25) is 0 Å². The van der Waals surface area contributed by atoms with Gasteiger partial charge in [0.25, 0.3) is 0 Å². The van der Waals surface area contributed by atoms with Crippen LogP contribution < -0.4 is 4.90 Å². The Kier molecular flexibility index (Phi) is 5.88. The SMILES string of the molecule is COC(=O)[C@@H](OC(C)(C)C)c1c(C)c2c3c(cc(Br)n3CCN2C)c1-c1ccc(C)cc1. The molecule has 3 aromatic rings. The molecule has 0 aliphatic carbocycles. The average molecular weight is 499 g/mol. The van der Waals surface area contributed by atoms with Crippen molar-refractivity contribution in [1.29, 1.82) is 0 Å². The van der Waals surface area contributed by atoms with E-state index in [1.165, 1.54) is 18.2 Å². The predicted molar refractivity (Wildman–Crippen MR) is 133 cm³/mol. The van der Waals surface area contributed by atoms with Gasteiger partial charge in [0.15, 0.2) is 6.10 Å². The van der Waals surface area contributed by atoms with Crippen LogP contribution >= 0.6 is 15.9 Å². The third-order valence-electron chi connectivity index (χ3n) is 6.10. The number of methoxy groups -OCH3 is 1. The summed E-state index contributed by atoms with van der Waals surface area (Å²) in [5.74, 6) is -0.389. The number of aromatic nitrogens is 1. The fourth-order valence-corrected chi connectivity index (χ4v) is 5.28. The molecule has 1 aliphatic heterocycles. The van der Waals surface area contributed by atoms with Gasteiger partial charge >= 0.3 is 5.97 Å². The molecule has 0 radical (unpaired) electrons. The fourth-order valence-electron chi connectivity index (χ4n) is 4.69. The number of aryl methyl sites for hydroxylation is 1. The largest absolute Gasteiger partial charge is 0.467 e. The third kappa shape index (κ3) is 3.84. The van der Waals surface area contributed by atoms with E-state index in [0.717, 1.165) is 51.0 Å². The van der Waals surface area contributed by atoms with Crippen molar-refractivity contribution < 1.29 is 14.3 Å². The number of carbonyl (C=O) groups excluding carboxylic acids is 1. The molecule has 1 aliphatic rings. The number of likely N-dealkylation sites (N-methyl/N-ethyl adjacent to an activating group) is 1. The molecule has 32 heavy (non-hydrogen) atoms. The van der Waals surface area contributed by atoms with Gasteiger partial charge in [0, 0.05) is 31.1 Å². The van der Waals surface area contributed by atoms with Gasteiger partial charge in [-0.3, -0.25) is 0 Å². The number of benzene rings is 2. The number of ether oxygens (including phenoxy) is 2. The summed E-state index contributed by atoms with van der Waals surface area (Å²) in [6, 6.07) is 10.6. The number of nitrogens with zero attached hydrogens (tertiary/aromatic N) is 2. The molecule has 4 rings (SSSR count). The smallest absolute Gasteiger partial charge is 0.339 e. The summed E-state index contributed by atoms with van der Waals surface area (Å²) < 4.78 is 15.0. The number of rotatable bonds is 4. The van der Waals surface area contributed by atoms with Crippen LogP contribution in [0.15, 0.2) is 34.9 Å². The van der Waals surface area contributed by atoms with E-state index in [9.17, 15) is 4.79 Å². The first-order chi connectivity index (χ1) is 15.0. The van der Waals surface area contributed by atoms with Crippen molar-refractivity contribution in [2.24, 2.45) is 0 Å². The zero-order valence-electron chi connectivity index (χ0n) is 19.9. The molecule has 0 fully saturated rings. The number of anilines is 1. The molecule has 2 aromatic carbocycles. The molecule has 5 nitrogen and oxygen atoms in total. The highest BCUT2D eigenvalue weighted by molar-refractivity contribution is 9.10. The van der Waals surface area contributed by atoms with Crippen molar-refractivity contribution >= 4 is 38.5 Å². The molecule has 0 saturated carbocycles. The van der Waals surface area contributed by atoms with E-state index in [1.54, 1.807) is 0 Å². The van der Waals surface area contributed by atoms with E-state index >= 15 is 0 Å². The minimum absolute atomic E-state index is 0.389. The summed E-state index contributed by atoms with van der Waals surface area (Å²) in [6.45, 7) is 11.9. The van der Waals surface area contributed by atoms with Crippen molar-refractivity contribution in [3.05, 3.63) is 51.6 Å². The van der Waals surface area contributed by atoms with Crippen LogP contribution in [0.5, 0.6) is 0 Å². The van der Waals surface area contributed by atoms with E-state index in [-0.39, 0.29) is 5.97 Å². The molecular weight excluding hydrogens is 468 g/mol. The lowest BCUT2D eigenvalue weighted by molar-refractivity contribution is -0.164. The van der Waals surface area contributed by atoms with E-state index < -0.39 is 11.7 Å². The number of hydrogen-bond acceptors (Lipinski definition) is 4. The van der Waals surface area contributed by atoms with Crippen LogP contribution in [0.1, 0.15) is 43.6 Å². The van der Waals surface area contributed by atoms with Crippen LogP contribution in [-0.4, -0.2) is 36.8 Å². The summed E-state index contributed by atoms with van der Waals surface area (Å²) in [5.41, 5.74) is 6.98. The first-order valence-corrected chi connectivity index (χ1v) is 11.7.